The lowest BCUT2D eigenvalue weighted by Gasteiger charge is -2.38. The summed E-state index contributed by atoms with van der Waals surface area (Å²) in [6, 6.07) is 12.2. The number of aromatic nitrogens is 1. The van der Waals surface area contributed by atoms with E-state index >= 15 is 0 Å². The molecule has 1 atom stereocenters. The number of piperazine rings is 1. The molecule has 132 valence electrons. The van der Waals surface area contributed by atoms with Crippen LogP contribution in [0.2, 0.25) is 0 Å². The van der Waals surface area contributed by atoms with Crippen molar-refractivity contribution in [1.29, 1.82) is 0 Å². The van der Waals surface area contributed by atoms with Gasteiger partial charge in [-0.05, 0) is 18.4 Å². The second kappa shape index (κ2) is 7.37. The Kier molecular flexibility index (Phi) is 4.81. The summed E-state index contributed by atoms with van der Waals surface area (Å²) in [4.78, 5) is 17.5. The van der Waals surface area contributed by atoms with E-state index in [0.29, 0.717) is 6.04 Å². The van der Waals surface area contributed by atoms with Gasteiger partial charge in [-0.3, -0.25) is 14.6 Å². The molecule has 1 aromatic carbocycles. The number of hydrogen-bond acceptors (Lipinski definition) is 5. The molecular formula is C19H24N4O2. The van der Waals surface area contributed by atoms with Crippen LogP contribution in [0.5, 0.6) is 0 Å². The summed E-state index contributed by atoms with van der Waals surface area (Å²) in [7, 11) is 0. The van der Waals surface area contributed by atoms with E-state index in [1.165, 1.54) is 0 Å². The number of amides is 1. The first-order valence-electron chi connectivity index (χ1n) is 9.00. The van der Waals surface area contributed by atoms with E-state index in [1.807, 2.05) is 24.3 Å². The Morgan fingerprint density at radius 2 is 1.92 bits per heavy atom. The van der Waals surface area contributed by atoms with Gasteiger partial charge in [0.15, 0.2) is 0 Å². The number of rotatable bonds is 6. The van der Waals surface area contributed by atoms with Crippen molar-refractivity contribution in [2.45, 2.75) is 31.5 Å². The third-order valence-electron chi connectivity index (χ3n) is 4.94. The lowest BCUT2D eigenvalue weighted by molar-refractivity contribution is -0.127. The number of carbonyl (C=O) groups excluding carboxylic acids is 1. The molecule has 1 aromatic heterocycles. The van der Waals surface area contributed by atoms with Crippen molar-refractivity contribution in [3.05, 3.63) is 53.9 Å². The predicted molar refractivity (Wildman–Crippen MR) is 93.7 cm³/mol. The zero-order chi connectivity index (χ0) is 17.1. The zero-order valence-electron chi connectivity index (χ0n) is 14.3. The molecule has 4 rings (SSSR count). The van der Waals surface area contributed by atoms with Crippen LogP contribution in [0.3, 0.4) is 0 Å². The maximum absolute atomic E-state index is 12.8. The number of nitrogens with one attached hydrogen (secondary N) is 1. The molecule has 2 heterocycles. The molecule has 2 aliphatic rings. The Labute approximate surface area is 147 Å². The van der Waals surface area contributed by atoms with Crippen LogP contribution in [-0.4, -0.2) is 53.1 Å². The molecule has 1 aliphatic heterocycles. The Morgan fingerprint density at radius 1 is 1.16 bits per heavy atom. The van der Waals surface area contributed by atoms with Gasteiger partial charge in [0.25, 0.3) is 0 Å². The van der Waals surface area contributed by atoms with Crippen LogP contribution in [0.4, 0.5) is 0 Å². The Bertz CT molecular complexity index is 677. The highest BCUT2D eigenvalue weighted by molar-refractivity contribution is 5.83. The van der Waals surface area contributed by atoms with E-state index in [1.54, 1.807) is 6.26 Å². The average molecular weight is 340 g/mol. The van der Waals surface area contributed by atoms with Gasteiger partial charge >= 0.3 is 0 Å². The fraction of sp³-hybridized carbons (Fsp3) is 0.474. The molecule has 1 amide bonds. The highest BCUT2D eigenvalue weighted by atomic mass is 16.5. The number of carbonyl (C=O) groups is 1. The van der Waals surface area contributed by atoms with Crippen molar-refractivity contribution in [3.63, 3.8) is 0 Å². The molecule has 2 aromatic rings. The normalized spacial score (nSPS) is 20.3. The van der Waals surface area contributed by atoms with Crippen molar-refractivity contribution in [2.24, 2.45) is 0 Å². The highest BCUT2D eigenvalue weighted by Crippen LogP contribution is 2.26. The molecule has 1 saturated carbocycles. The number of benzene rings is 1. The standard InChI is InChI=1S/C19H24N4O2/c24-19(20-16-6-7-16)18(15-4-2-1-3-5-15)23-11-9-22(10-12-23)14-17-8-13-25-21-17/h1-5,8,13,16,18H,6-7,9-12,14H2,(H,20,24)/t18-/m0/s1. The minimum Gasteiger partial charge on any atom is -0.364 e. The minimum absolute atomic E-state index is 0.138. The fourth-order valence-electron chi connectivity index (χ4n) is 3.40. The first-order chi connectivity index (χ1) is 12.3. The number of nitrogens with zero attached hydrogens (tertiary/aromatic N) is 3. The van der Waals surface area contributed by atoms with Gasteiger partial charge in [-0.1, -0.05) is 35.5 Å². The molecule has 25 heavy (non-hydrogen) atoms. The molecular weight excluding hydrogens is 316 g/mol. The Morgan fingerprint density at radius 3 is 2.56 bits per heavy atom. The van der Waals surface area contributed by atoms with Crippen LogP contribution in [0.25, 0.3) is 0 Å². The molecule has 1 saturated heterocycles. The van der Waals surface area contributed by atoms with E-state index < -0.39 is 0 Å². The van der Waals surface area contributed by atoms with E-state index in [2.05, 4.69) is 32.4 Å². The highest BCUT2D eigenvalue weighted by Gasteiger charge is 2.33. The molecule has 6 heteroatoms. The van der Waals surface area contributed by atoms with Crippen molar-refractivity contribution in [3.8, 4) is 0 Å². The van der Waals surface area contributed by atoms with Gasteiger partial charge in [-0.25, -0.2) is 0 Å². The Balaban J connectivity index is 1.42. The smallest absolute Gasteiger partial charge is 0.242 e. The van der Waals surface area contributed by atoms with Gasteiger partial charge in [-0.2, -0.15) is 0 Å². The first kappa shape index (κ1) is 16.3. The van der Waals surface area contributed by atoms with Gasteiger partial charge in [0.2, 0.25) is 5.91 Å². The molecule has 0 bridgehead atoms. The first-order valence-corrected chi connectivity index (χ1v) is 9.00. The maximum Gasteiger partial charge on any atom is 0.242 e. The van der Waals surface area contributed by atoms with E-state index in [9.17, 15) is 4.79 Å². The summed E-state index contributed by atoms with van der Waals surface area (Å²) < 4.78 is 4.91. The van der Waals surface area contributed by atoms with E-state index in [-0.39, 0.29) is 11.9 Å². The molecule has 1 N–H and O–H groups in total. The summed E-state index contributed by atoms with van der Waals surface area (Å²) in [6.07, 6.45) is 3.83. The fourth-order valence-corrected chi connectivity index (χ4v) is 3.40. The van der Waals surface area contributed by atoms with Gasteiger partial charge < -0.3 is 9.84 Å². The van der Waals surface area contributed by atoms with Crippen LogP contribution in [0.15, 0.2) is 47.2 Å². The minimum atomic E-state index is -0.198. The quantitative estimate of drug-likeness (QED) is 0.869. The third-order valence-corrected chi connectivity index (χ3v) is 4.94. The van der Waals surface area contributed by atoms with Crippen molar-refractivity contribution in [1.82, 2.24) is 20.3 Å². The summed E-state index contributed by atoms with van der Waals surface area (Å²) in [5.41, 5.74) is 2.03. The van der Waals surface area contributed by atoms with Crippen molar-refractivity contribution >= 4 is 5.91 Å². The lowest BCUT2D eigenvalue weighted by atomic mass is 10.0. The lowest BCUT2D eigenvalue weighted by Crippen LogP contribution is -2.51. The second-order valence-electron chi connectivity index (χ2n) is 6.90. The monoisotopic (exact) mass is 340 g/mol. The van der Waals surface area contributed by atoms with Gasteiger partial charge in [-0.15, -0.1) is 0 Å². The molecule has 0 spiro atoms. The molecule has 6 nitrogen and oxygen atoms in total. The average Bonchev–Trinajstić information content (AvgIpc) is 3.30. The molecule has 0 radical (unpaired) electrons. The predicted octanol–water partition coefficient (Wildman–Crippen LogP) is 1.81. The van der Waals surface area contributed by atoms with Gasteiger partial charge in [0.05, 0.1) is 5.69 Å². The molecule has 2 fully saturated rings. The molecule has 0 unspecified atom stereocenters. The molecule has 1 aliphatic carbocycles. The third kappa shape index (κ3) is 4.08. The van der Waals surface area contributed by atoms with Crippen LogP contribution < -0.4 is 5.32 Å². The number of hydrogen-bond donors (Lipinski definition) is 1. The van der Waals surface area contributed by atoms with Crippen LogP contribution >= 0.6 is 0 Å². The SMILES string of the molecule is O=C(NC1CC1)[C@H](c1ccccc1)N1CCN(Cc2ccon2)CC1. The topological polar surface area (TPSA) is 61.6 Å². The zero-order valence-corrected chi connectivity index (χ0v) is 14.3. The Hall–Kier alpha value is -2.18. The van der Waals surface area contributed by atoms with Crippen LogP contribution in [0, 0.1) is 0 Å². The largest absolute Gasteiger partial charge is 0.364 e. The summed E-state index contributed by atoms with van der Waals surface area (Å²) in [5.74, 6) is 0.138. The summed E-state index contributed by atoms with van der Waals surface area (Å²) >= 11 is 0. The van der Waals surface area contributed by atoms with Crippen LogP contribution in [0.1, 0.15) is 30.1 Å². The van der Waals surface area contributed by atoms with E-state index in [0.717, 1.165) is 56.8 Å². The van der Waals surface area contributed by atoms with E-state index in [4.69, 9.17) is 4.52 Å². The maximum atomic E-state index is 12.8. The van der Waals surface area contributed by atoms with Gasteiger partial charge in [0.1, 0.15) is 12.3 Å². The van der Waals surface area contributed by atoms with Gasteiger partial charge in [0, 0.05) is 44.8 Å². The second-order valence-corrected chi connectivity index (χ2v) is 6.90. The summed E-state index contributed by atoms with van der Waals surface area (Å²) in [6.45, 7) is 4.39. The van der Waals surface area contributed by atoms with Crippen molar-refractivity contribution in [2.75, 3.05) is 26.2 Å². The summed E-state index contributed by atoms with van der Waals surface area (Å²) in [5, 5.41) is 7.17. The van der Waals surface area contributed by atoms with Crippen molar-refractivity contribution < 1.29 is 9.32 Å². The van der Waals surface area contributed by atoms with Crippen LogP contribution in [-0.2, 0) is 11.3 Å².